The minimum Gasteiger partial charge on any atom is -0.495 e. The van der Waals surface area contributed by atoms with Gasteiger partial charge in [0, 0.05) is 29.1 Å². The Kier molecular flexibility index (Phi) is 5.83. The number of rotatable bonds is 6. The Bertz CT molecular complexity index is 995. The predicted octanol–water partition coefficient (Wildman–Crippen LogP) is 6.51. The van der Waals surface area contributed by atoms with Crippen LogP contribution in [0, 0.1) is 5.92 Å². The summed E-state index contributed by atoms with van der Waals surface area (Å²) in [7, 11) is 1.78. The minimum atomic E-state index is 0.405. The summed E-state index contributed by atoms with van der Waals surface area (Å²) < 4.78 is 8.22. The molecule has 4 nitrogen and oxygen atoms in total. The van der Waals surface area contributed by atoms with Gasteiger partial charge in [-0.25, -0.2) is 4.98 Å². The number of benzene rings is 1. The smallest absolute Gasteiger partial charge is 0.143 e. The largest absolute Gasteiger partial charge is 0.495 e. The first-order valence-corrected chi connectivity index (χ1v) is 12.5. The standard InChI is InChI=1S/C25H33N3OS/c1-18(27-13-6-7-14-27)22-17-30-25(26-22)21-16-28(15-19-9-4-3-5-10-19)24-20(21)11-8-12-23(24)29-2/h8,11-12,16-19H,3-7,9-10,13-15H2,1-2H3. The first kappa shape index (κ1) is 20.1. The molecule has 0 amide bonds. The molecule has 0 bridgehead atoms. The molecular weight excluding hydrogens is 390 g/mol. The Balaban J connectivity index is 1.51. The fourth-order valence-corrected chi connectivity index (χ4v) is 6.30. The van der Waals surface area contributed by atoms with E-state index >= 15 is 0 Å². The van der Waals surface area contributed by atoms with E-state index in [1.807, 2.05) is 0 Å². The summed E-state index contributed by atoms with van der Waals surface area (Å²) in [5, 5.41) is 4.67. The Morgan fingerprint density at radius 3 is 2.70 bits per heavy atom. The molecule has 1 aromatic carbocycles. The molecule has 1 aliphatic heterocycles. The molecule has 30 heavy (non-hydrogen) atoms. The normalized spacial score (nSPS) is 19.5. The van der Waals surface area contributed by atoms with Gasteiger partial charge in [0.15, 0.2) is 0 Å². The lowest BCUT2D eigenvalue weighted by molar-refractivity contribution is 0.259. The molecule has 0 N–H and O–H groups in total. The Labute approximate surface area is 183 Å². The second kappa shape index (κ2) is 8.72. The lowest BCUT2D eigenvalue weighted by Crippen LogP contribution is -2.23. The zero-order valence-electron chi connectivity index (χ0n) is 18.3. The van der Waals surface area contributed by atoms with E-state index < -0.39 is 0 Å². The van der Waals surface area contributed by atoms with Gasteiger partial charge < -0.3 is 9.30 Å². The van der Waals surface area contributed by atoms with Crippen LogP contribution in [0.25, 0.3) is 21.5 Å². The van der Waals surface area contributed by atoms with E-state index in [0.717, 1.165) is 23.2 Å². The van der Waals surface area contributed by atoms with Crippen LogP contribution in [0.2, 0.25) is 0 Å². The van der Waals surface area contributed by atoms with E-state index in [0.29, 0.717) is 6.04 Å². The van der Waals surface area contributed by atoms with Crippen LogP contribution in [0.15, 0.2) is 29.8 Å². The molecule has 5 heteroatoms. The summed E-state index contributed by atoms with van der Waals surface area (Å²) in [5.41, 5.74) is 3.70. The summed E-state index contributed by atoms with van der Waals surface area (Å²) in [6.07, 6.45) is 11.8. The average Bonchev–Trinajstić information content (AvgIpc) is 3.54. The highest BCUT2D eigenvalue weighted by Gasteiger charge is 2.24. The van der Waals surface area contributed by atoms with Gasteiger partial charge in [0.25, 0.3) is 0 Å². The molecule has 2 aliphatic rings. The van der Waals surface area contributed by atoms with Crippen molar-refractivity contribution >= 4 is 22.2 Å². The SMILES string of the molecule is COc1cccc2c(-c3nc(C(C)N4CCCC4)cs3)cn(CC3CCCCC3)c12. The number of hydrogen-bond acceptors (Lipinski definition) is 4. The molecule has 3 heterocycles. The molecule has 2 aromatic heterocycles. The topological polar surface area (TPSA) is 30.3 Å². The highest BCUT2D eigenvalue weighted by atomic mass is 32.1. The molecule has 1 atom stereocenters. The third kappa shape index (κ3) is 3.78. The van der Waals surface area contributed by atoms with E-state index in [4.69, 9.17) is 9.72 Å². The maximum Gasteiger partial charge on any atom is 0.143 e. The van der Waals surface area contributed by atoms with Crippen LogP contribution >= 0.6 is 11.3 Å². The number of fused-ring (bicyclic) bond motifs is 1. The number of methoxy groups -OCH3 is 1. The van der Waals surface area contributed by atoms with Crippen molar-refractivity contribution in [2.75, 3.05) is 20.2 Å². The quantitative estimate of drug-likeness (QED) is 0.453. The molecule has 5 rings (SSSR count). The van der Waals surface area contributed by atoms with E-state index in [2.05, 4.69) is 46.2 Å². The van der Waals surface area contributed by atoms with Crippen molar-refractivity contribution in [1.82, 2.24) is 14.5 Å². The Morgan fingerprint density at radius 1 is 1.13 bits per heavy atom. The van der Waals surface area contributed by atoms with Crippen LogP contribution in [0.5, 0.6) is 5.75 Å². The third-order valence-electron chi connectivity index (χ3n) is 7.13. The molecule has 3 aromatic rings. The third-order valence-corrected chi connectivity index (χ3v) is 8.02. The lowest BCUT2D eigenvalue weighted by Gasteiger charge is -2.22. The monoisotopic (exact) mass is 423 g/mol. The minimum absolute atomic E-state index is 0.405. The summed E-state index contributed by atoms with van der Waals surface area (Å²) in [6.45, 7) is 5.79. The van der Waals surface area contributed by atoms with Gasteiger partial charge >= 0.3 is 0 Å². The second-order valence-electron chi connectivity index (χ2n) is 9.05. The maximum atomic E-state index is 5.77. The van der Waals surface area contributed by atoms with E-state index in [1.54, 1.807) is 18.4 Å². The van der Waals surface area contributed by atoms with Crippen molar-refractivity contribution in [2.24, 2.45) is 5.92 Å². The second-order valence-corrected chi connectivity index (χ2v) is 9.91. The fourth-order valence-electron chi connectivity index (χ4n) is 5.37. The van der Waals surface area contributed by atoms with Gasteiger partial charge in [-0.15, -0.1) is 11.3 Å². The van der Waals surface area contributed by atoms with Gasteiger partial charge in [-0.1, -0.05) is 31.4 Å². The van der Waals surface area contributed by atoms with Crippen LogP contribution in [-0.2, 0) is 6.54 Å². The van der Waals surface area contributed by atoms with Gasteiger partial charge in [-0.2, -0.15) is 0 Å². The highest BCUT2D eigenvalue weighted by molar-refractivity contribution is 7.13. The Morgan fingerprint density at radius 2 is 1.93 bits per heavy atom. The molecule has 160 valence electrons. The van der Waals surface area contributed by atoms with Crippen molar-refractivity contribution in [3.8, 4) is 16.3 Å². The molecule has 1 aliphatic carbocycles. The van der Waals surface area contributed by atoms with Crippen LogP contribution in [-0.4, -0.2) is 34.7 Å². The van der Waals surface area contributed by atoms with Gasteiger partial charge in [0.05, 0.1) is 24.4 Å². The molecule has 0 spiro atoms. The molecule has 1 unspecified atom stereocenters. The maximum absolute atomic E-state index is 5.77. The van der Waals surface area contributed by atoms with Crippen LogP contribution in [0.1, 0.15) is 63.6 Å². The first-order valence-electron chi connectivity index (χ1n) is 11.6. The first-order chi connectivity index (χ1) is 14.7. The summed E-state index contributed by atoms with van der Waals surface area (Å²) in [4.78, 5) is 7.68. The number of ether oxygens (including phenoxy) is 1. The van der Waals surface area contributed by atoms with Crippen LogP contribution in [0.3, 0.4) is 0 Å². The molecule has 1 saturated carbocycles. The summed E-state index contributed by atoms with van der Waals surface area (Å²) in [6, 6.07) is 6.83. The zero-order valence-corrected chi connectivity index (χ0v) is 19.1. The fraction of sp³-hybridized carbons (Fsp3) is 0.560. The van der Waals surface area contributed by atoms with Gasteiger partial charge in [-0.05, 0) is 57.7 Å². The molecular formula is C25H33N3OS. The number of thiazole rings is 1. The average molecular weight is 424 g/mol. The van der Waals surface area contributed by atoms with Crippen molar-refractivity contribution in [3.63, 3.8) is 0 Å². The van der Waals surface area contributed by atoms with Crippen molar-refractivity contribution in [2.45, 2.75) is 64.5 Å². The summed E-state index contributed by atoms with van der Waals surface area (Å²) >= 11 is 1.79. The zero-order chi connectivity index (χ0) is 20.5. The van der Waals surface area contributed by atoms with Crippen molar-refractivity contribution in [1.29, 1.82) is 0 Å². The van der Waals surface area contributed by atoms with E-state index in [1.165, 1.54) is 80.2 Å². The van der Waals surface area contributed by atoms with E-state index in [-0.39, 0.29) is 0 Å². The summed E-state index contributed by atoms with van der Waals surface area (Å²) in [5.74, 6) is 1.74. The van der Waals surface area contributed by atoms with Crippen molar-refractivity contribution < 1.29 is 4.74 Å². The predicted molar refractivity (Wildman–Crippen MR) is 125 cm³/mol. The number of hydrogen-bond donors (Lipinski definition) is 0. The number of aromatic nitrogens is 2. The van der Waals surface area contributed by atoms with E-state index in [9.17, 15) is 0 Å². The molecule has 0 radical (unpaired) electrons. The Hall–Kier alpha value is -1.85. The van der Waals surface area contributed by atoms with Gasteiger partial charge in [0.1, 0.15) is 10.8 Å². The molecule has 2 fully saturated rings. The lowest BCUT2D eigenvalue weighted by atomic mass is 9.89. The number of para-hydroxylation sites is 1. The number of nitrogens with zero attached hydrogens (tertiary/aromatic N) is 3. The van der Waals surface area contributed by atoms with Gasteiger partial charge in [-0.3, -0.25) is 4.90 Å². The van der Waals surface area contributed by atoms with Crippen molar-refractivity contribution in [3.05, 3.63) is 35.5 Å². The highest BCUT2D eigenvalue weighted by Crippen LogP contribution is 2.39. The van der Waals surface area contributed by atoms with Crippen LogP contribution < -0.4 is 4.74 Å². The molecule has 1 saturated heterocycles. The van der Waals surface area contributed by atoms with Crippen LogP contribution in [0.4, 0.5) is 0 Å². The number of likely N-dealkylation sites (tertiary alicyclic amines) is 1. The van der Waals surface area contributed by atoms with Gasteiger partial charge in [0.2, 0.25) is 0 Å².